The van der Waals surface area contributed by atoms with Crippen molar-refractivity contribution < 1.29 is 19.0 Å². The number of ether oxygens (including phenoxy) is 1. The third-order valence-corrected chi connectivity index (χ3v) is 7.24. The third kappa shape index (κ3) is 5.48. The summed E-state index contributed by atoms with van der Waals surface area (Å²) in [5.74, 6) is 0.845. The van der Waals surface area contributed by atoms with Gasteiger partial charge in [0.15, 0.2) is 0 Å². The molecule has 2 fully saturated rings. The number of likely N-dealkylation sites (N-methyl/N-ethyl adjacent to an activating group) is 1. The lowest BCUT2D eigenvalue weighted by atomic mass is 10.0. The van der Waals surface area contributed by atoms with Gasteiger partial charge in [-0.05, 0) is 25.5 Å². The Balaban J connectivity index is 1.36. The Labute approximate surface area is 205 Å². The first-order chi connectivity index (χ1) is 17.0. The number of carbonyl (C=O) groups is 1. The number of rotatable bonds is 6. The molecule has 1 amide bonds. The van der Waals surface area contributed by atoms with Crippen LogP contribution in [0.25, 0.3) is 0 Å². The van der Waals surface area contributed by atoms with E-state index in [1.807, 2.05) is 18.0 Å². The minimum absolute atomic E-state index is 0.00164. The van der Waals surface area contributed by atoms with Crippen molar-refractivity contribution in [2.45, 2.75) is 38.1 Å². The van der Waals surface area contributed by atoms with E-state index >= 15 is 0 Å². The zero-order chi connectivity index (χ0) is 24.4. The first-order valence-corrected chi connectivity index (χ1v) is 12.3. The highest BCUT2D eigenvalue weighted by molar-refractivity contribution is 5.65. The Morgan fingerprint density at radius 2 is 1.91 bits per heavy atom. The number of aromatic nitrogens is 2. The summed E-state index contributed by atoms with van der Waals surface area (Å²) in [4.78, 5) is 28.9. The molecule has 0 radical (unpaired) electrons. The summed E-state index contributed by atoms with van der Waals surface area (Å²) in [6, 6.07) is 10.7. The molecule has 3 aliphatic rings. The first-order valence-electron chi connectivity index (χ1n) is 12.3. The highest BCUT2D eigenvalue weighted by Crippen LogP contribution is 2.30. The van der Waals surface area contributed by atoms with E-state index in [4.69, 9.17) is 14.7 Å². The maximum atomic E-state index is 13.8. The van der Waals surface area contributed by atoms with Gasteiger partial charge in [-0.3, -0.25) is 9.80 Å². The van der Waals surface area contributed by atoms with Crippen LogP contribution in [0.5, 0.6) is 6.01 Å². The monoisotopic (exact) mass is 484 g/mol. The highest BCUT2D eigenvalue weighted by atomic mass is 19.1. The summed E-state index contributed by atoms with van der Waals surface area (Å²) in [5, 5.41) is 9.32. The molecule has 2 saturated heterocycles. The second-order valence-corrected chi connectivity index (χ2v) is 9.70. The lowest BCUT2D eigenvalue weighted by Crippen LogP contribution is -2.49. The number of piperazine rings is 1. The Kier molecular flexibility index (Phi) is 7.01. The summed E-state index contributed by atoms with van der Waals surface area (Å²) < 4.78 is 19.8. The van der Waals surface area contributed by atoms with Gasteiger partial charge in [-0.1, -0.05) is 30.3 Å². The van der Waals surface area contributed by atoms with E-state index in [-0.39, 0.29) is 6.04 Å². The Morgan fingerprint density at radius 3 is 2.60 bits per heavy atom. The topological polar surface area (TPSA) is 85.3 Å². The highest BCUT2D eigenvalue weighted by Gasteiger charge is 2.31. The Hall–Kier alpha value is -2.98. The van der Waals surface area contributed by atoms with Crippen molar-refractivity contribution in [3.8, 4) is 6.01 Å². The third-order valence-electron chi connectivity index (χ3n) is 7.24. The molecule has 1 aromatic heterocycles. The number of benzene rings is 1. The Morgan fingerprint density at radius 1 is 1.14 bits per heavy atom. The summed E-state index contributed by atoms with van der Waals surface area (Å²) in [6.45, 7) is 5.25. The van der Waals surface area contributed by atoms with E-state index in [1.54, 1.807) is 0 Å². The van der Waals surface area contributed by atoms with Crippen LogP contribution in [-0.4, -0.2) is 101 Å². The van der Waals surface area contributed by atoms with E-state index in [0.29, 0.717) is 58.3 Å². The molecule has 2 atom stereocenters. The molecule has 1 aromatic carbocycles. The van der Waals surface area contributed by atoms with Crippen LogP contribution in [-0.2, 0) is 19.5 Å². The van der Waals surface area contributed by atoms with Gasteiger partial charge in [0.1, 0.15) is 18.6 Å². The molecule has 10 heteroatoms. The summed E-state index contributed by atoms with van der Waals surface area (Å²) in [7, 11) is 1.91. The number of anilines is 1. The van der Waals surface area contributed by atoms with E-state index in [0.717, 1.165) is 36.6 Å². The molecule has 188 valence electrons. The number of fused-ring (bicyclic) bond motifs is 1. The predicted octanol–water partition coefficient (Wildman–Crippen LogP) is 2.26. The number of amides is 1. The maximum Gasteiger partial charge on any atom is 0.407 e. The van der Waals surface area contributed by atoms with Gasteiger partial charge in [-0.2, -0.15) is 9.97 Å². The van der Waals surface area contributed by atoms with E-state index < -0.39 is 12.3 Å². The van der Waals surface area contributed by atoms with Crippen molar-refractivity contribution in [1.29, 1.82) is 0 Å². The minimum atomic E-state index is -0.887. The fourth-order valence-corrected chi connectivity index (χ4v) is 5.23. The van der Waals surface area contributed by atoms with Crippen LogP contribution in [0.2, 0.25) is 0 Å². The number of nitrogens with zero attached hydrogens (tertiary/aromatic N) is 6. The summed E-state index contributed by atoms with van der Waals surface area (Å²) in [5.41, 5.74) is 3.33. The van der Waals surface area contributed by atoms with Gasteiger partial charge < -0.3 is 19.6 Å². The molecule has 0 bridgehead atoms. The molecule has 4 heterocycles. The number of likely N-dealkylation sites (tertiary alicyclic amines) is 1. The molecule has 35 heavy (non-hydrogen) atoms. The largest absolute Gasteiger partial charge is 0.465 e. The van der Waals surface area contributed by atoms with Gasteiger partial charge >= 0.3 is 12.1 Å². The van der Waals surface area contributed by atoms with Crippen molar-refractivity contribution in [3.05, 3.63) is 47.2 Å². The fraction of sp³-hybridized carbons (Fsp3) is 0.560. The van der Waals surface area contributed by atoms with Crippen LogP contribution in [0.3, 0.4) is 0 Å². The average molecular weight is 485 g/mol. The van der Waals surface area contributed by atoms with Crippen molar-refractivity contribution in [3.63, 3.8) is 0 Å². The number of carboxylic acid groups (broad SMARTS) is 1. The molecule has 3 aliphatic heterocycles. The number of hydrogen-bond donors (Lipinski definition) is 1. The number of alkyl halides is 1. The van der Waals surface area contributed by atoms with Gasteiger partial charge in [0.25, 0.3) is 0 Å². The van der Waals surface area contributed by atoms with Gasteiger partial charge in [0.05, 0.1) is 5.69 Å². The second kappa shape index (κ2) is 10.3. The molecule has 0 unspecified atom stereocenters. The van der Waals surface area contributed by atoms with Crippen molar-refractivity contribution >= 4 is 11.9 Å². The lowest BCUT2D eigenvalue weighted by molar-refractivity contribution is 0.142. The van der Waals surface area contributed by atoms with Gasteiger partial charge in [-0.15, -0.1) is 0 Å². The molecule has 9 nitrogen and oxygen atoms in total. The Bertz CT molecular complexity index is 1030. The average Bonchev–Trinajstić information content (AvgIpc) is 3.19. The van der Waals surface area contributed by atoms with Gasteiger partial charge in [0, 0.05) is 64.0 Å². The van der Waals surface area contributed by atoms with Gasteiger partial charge in [-0.25, -0.2) is 9.18 Å². The predicted molar refractivity (Wildman–Crippen MR) is 130 cm³/mol. The van der Waals surface area contributed by atoms with Crippen LogP contribution in [0, 0.1) is 0 Å². The fourth-order valence-electron chi connectivity index (χ4n) is 5.23. The van der Waals surface area contributed by atoms with Crippen LogP contribution in [0.1, 0.15) is 23.2 Å². The van der Waals surface area contributed by atoms with Crippen LogP contribution in [0.15, 0.2) is 30.3 Å². The maximum absolute atomic E-state index is 13.8. The van der Waals surface area contributed by atoms with Crippen molar-refractivity contribution in [2.75, 3.05) is 57.8 Å². The molecule has 0 saturated carbocycles. The van der Waals surface area contributed by atoms with E-state index in [9.17, 15) is 14.3 Å². The number of hydrogen-bond acceptors (Lipinski definition) is 7. The quantitative estimate of drug-likeness (QED) is 0.669. The normalized spacial score (nSPS) is 23.4. The standard InChI is InChI=1S/C25H33FN6O3/c1-29-15-19(26)13-20(29)17-35-24-27-22-16-30(14-18-5-3-2-4-6-18)8-7-21(22)23(28-24)31-9-11-32(12-10-31)25(33)34/h2-6,19-20H,7-17H2,1H3,(H,33,34)/t19-,20+/m1/s1. The zero-order valence-electron chi connectivity index (χ0n) is 20.1. The van der Waals surface area contributed by atoms with Crippen molar-refractivity contribution in [2.24, 2.45) is 0 Å². The SMILES string of the molecule is CN1C[C@H](F)C[C@H]1COc1nc2c(c(N3CCN(C(=O)O)CC3)n1)CCN(Cc1ccccc1)C2. The van der Waals surface area contributed by atoms with Gasteiger partial charge in [0.2, 0.25) is 0 Å². The minimum Gasteiger partial charge on any atom is -0.465 e. The van der Waals surface area contributed by atoms with Crippen LogP contribution >= 0.6 is 0 Å². The molecule has 1 N–H and O–H groups in total. The molecular weight excluding hydrogens is 451 g/mol. The lowest BCUT2D eigenvalue weighted by Gasteiger charge is -2.37. The summed E-state index contributed by atoms with van der Waals surface area (Å²) in [6.07, 6.45) is -0.435. The molecule has 5 rings (SSSR count). The molecule has 0 aliphatic carbocycles. The van der Waals surface area contributed by atoms with Crippen LogP contribution in [0.4, 0.5) is 15.0 Å². The first kappa shape index (κ1) is 23.7. The molecular formula is C25H33FN6O3. The van der Waals surface area contributed by atoms with E-state index in [1.165, 1.54) is 10.5 Å². The molecule has 0 spiro atoms. The van der Waals surface area contributed by atoms with Crippen molar-refractivity contribution in [1.82, 2.24) is 24.7 Å². The van der Waals surface area contributed by atoms with E-state index in [2.05, 4.69) is 34.1 Å². The summed E-state index contributed by atoms with van der Waals surface area (Å²) >= 11 is 0. The number of halogens is 1. The van der Waals surface area contributed by atoms with Crippen LogP contribution < -0.4 is 9.64 Å². The smallest absolute Gasteiger partial charge is 0.407 e. The molecule has 2 aromatic rings. The zero-order valence-corrected chi connectivity index (χ0v) is 20.1. The second-order valence-electron chi connectivity index (χ2n) is 9.70.